The van der Waals surface area contributed by atoms with Gasteiger partial charge in [0.05, 0.1) is 0 Å². The topological polar surface area (TPSA) is 15.3 Å². The summed E-state index contributed by atoms with van der Waals surface area (Å²) in [6.07, 6.45) is 1.35. The average molecular weight is 156 g/mol. The van der Waals surface area contributed by atoms with Gasteiger partial charge in [-0.25, -0.2) is 0 Å². The lowest BCUT2D eigenvalue weighted by atomic mass is 9.88. The fraction of sp³-hybridized carbons (Fsp3) is 1.00. The maximum absolute atomic E-state index is 3.42. The zero-order valence-corrected chi connectivity index (χ0v) is 7.93. The van der Waals surface area contributed by atoms with Gasteiger partial charge < -0.3 is 10.2 Å². The molecule has 66 valence electrons. The Hall–Kier alpha value is -0.0800. The molecule has 1 rings (SSSR count). The van der Waals surface area contributed by atoms with Crippen molar-refractivity contribution in [2.24, 2.45) is 11.8 Å². The van der Waals surface area contributed by atoms with Crippen LogP contribution in [0.3, 0.4) is 0 Å². The zero-order chi connectivity index (χ0) is 8.27. The molecule has 2 heteroatoms. The molecule has 1 aliphatic rings. The van der Waals surface area contributed by atoms with Crippen LogP contribution >= 0.6 is 0 Å². The molecule has 0 spiro atoms. The molecule has 0 radical (unpaired) electrons. The lowest BCUT2D eigenvalue weighted by Gasteiger charge is -2.31. The average Bonchev–Trinajstić information content (AvgIpc) is 1.93. The van der Waals surface area contributed by atoms with Crippen molar-refractivity contribution in [3.05, 3.63) is 0 Å². The van der Waals surface area contributed by atoms with Crippen molar-refractivity contribution in [1.82, 2.24) is 10.2 Å². The molecule has 2 unspecified atom stereocenters. The van der Waals surface area contributed by atoms with Gasteiger partial charge in [-0.3, -0.25) is 0 Å². The van der Waals surface area contributed by atoms with Crippen LogP contribution in [0.5, 0.6) is 0 Å². The Morgan fingerprint density at radius 1 is 1.45 bits per heavy atom. The summed E-state index contributed by atoms with van der Waals surface area (Å²) in [7, 11) is 4.32. The fourth-order valence-electron chi connectivity index (χ4n) is 1.81. The van der Waals surface area contributed by atoms with Crippen molar-refractivity contribution in [2.75, 3.05) is 33.7 Å². The number of nitrogens with zero attached hydrogens (tertiary/aromatic N) is 1. The van der Waals surface area contributed by atoms with Gasteiger partial charge in [0, 0.05) is 6.54 Å². The second-order valence-corrected chi connectivity index (χ2v) is 3.99. The molecular formula is C9H20N2. The van der Waals surface area contributed by atoms with Gasteiger partial charge in [-0.1, -0.05) is 6.92 Å². The first-order valence-electron chi connectivity index (χ1n) is 4.55. The molecular weight excluding hydrogens is 136 g/mol. The molecule has 1 fully saturated rings. The van der Waals surface area contributed by atoms with E-state index in [4.69, 9.17) is 0 Å². The molecule has 0 aromatic rings. The molecule has 11 heavy (non-hydrogen) atoms. The van der Waals surface area contributed by atoms with Gasteiger partial charge in [-0.15, -0.1) is 0 Å². The normalized spacial score (nSPS) is 32.7. The minimum atomic E-state index is 0.853. The first kappa shape index (κ1) is 9.01. The van der Waals surface area contributed by atoms with Gasteiger partial charge in [-0.2, -0.15) is 0 Å². The van der Waals surface area contributed by atoms with Gasteiger partial charge in [-0.05, 0) is 45.4 Å². The summed E-state index contributed by atoms with van der Waals surface area (Å²) in [5, 5.41) is 3.42. The molecule has 0 aliphatic carbocycles. The van der Waals surface area contributed by atoms with E-state index < -0.39 is 0 Å². The van der Waals surface area contributed by atoms with Crippen molar-refractivity contribution in [1.29, 1.82) is 0 Å². The highest BCUT2D eigenvalue weighted by Crippen LogP contribution is 2.18. The summed E-state index contributed by atoms with van der Waals surface area (Å²) in [5.74, 6) is 1.76. The van der Waals surface area contributed by atoms with Crippen molar-refractivity contribution in [3.8, 4) is 0 Å². The standard InChI is InChI=1S/C9H20N2/c1-8-6-10-5-4-9(8)7-11(2)3/h8-10H,4-7H2,1-3H3. The minimum Gasteiger partial charge on any atom is -0.316 e. The second kappa shape index (κ2) is 4.07. The Morgan fingerprint density at radius 3 is 2.73 bits per heavy atom. The maximum atomic E-state index is 3.42. The molecule has 1 heterocycles. The van der Waals surface area contributed by atoms with Crippen molar-refractivity contribution < 1.29 is 0 Å². The van der Waals surface area contributed by atoms with Crippen LogP contribution in [0.15, 0.2) is 0 Å². The highest BCUT2D eigenvalue weighted by molar-refractivity contribution is 4.76. The molecule has 2 atom stereocenters. The van der Waals surface area contributed by atoms with Crippen LogP contribution in [0.4, 0.5) is 0 Å². The van der Waals surface area contributed by atoms with Crippen molar-refractivity contribution >= 4 is 0 Å². The number of hydrogen-bond donors (Lipinski definition) is 1. The van der Waals surface area contributed by atoms with Crippen LogP contribution < -0.4 is 5.32 Å². The van der Waals surface area contributed by atoms with E-state index in [0.29, 0.717) is 0 Å². The van der Waals surface area contributed by atoms with E-state index in [1.165, 1.54) is 26.1 Å². The molecule has 0 amide bonds. The van der Waals surface area contributed by atoms with Gasteiger partial charge in [0.1, 0.15) is 0 Å². The molecule has 0 aromatic carbocycles. The number of rotatable bonds is 2. The lowest BCUT2D eigenvalue weighted by Crippen LogP contribution is -2.39. The Kier molecular flexibility index (Phi) is 3.34. The van der Waals surface area contributed by atoms with Gasteiger partial charge in [0.25, 0.3) is 0 Å². The second-order valence-electron chi connectivity index (χ2n) is 3.99. The first-order chi connectivity index (χ1) is 5.20. The van der Waals surface area contributed by atoms with Crippen LogP contribution in [0.2, 0.25) is 0 Å². The summed E-state index contributed by atoms with van der Waals surface area (Å²) in [5.41, 5.74) is 0. The number of piperidine rings is 1. The predicted octanol–water partition coefficient (Wildman–Crippen LogP) is 0.794. The molecule has 0 saturated carbocycles. The van der Waals surface area contributed by atoms with Crippen LogP contribution in [0.25, 0.3) is 0 Å². The van der Waals surface area contributed by atoms with E-state index in [1.807, 2.05) is 0 Å². The van der Waals surface area contributed by atoms with Crippen LogP contribution in [-0.4, -0.2) is 38.6 Å². The van der Waals surface area contributed by atoms with Crippen LogP contribution in [0, 0.1) is 11.8 Å². The van der Waals surface area contributed by atoms with Gasteiger partial charge in [0.2, 0.25) is 0 Å². The van der Waals surface area contributed by atoms with Gasteiger partial charge in [0.15, 0.2) is 0 Å². The fourth-order valence-corrected chi connectivity index (χ4v) is 1.81. The largest absolute Gasteiger partial charge is 0.316 e. The van der Waals surface area contributed by atoms with E-state index >= 15 is 0 Å². The molecule has 0 bridgehead atoms. The summed E-state index contributed by atoms with van der Waals surface area (Å²) in [6, 6.07) is 0. The quantitative estimate of drug-likeness (QED) is 0.636. The summed E-state index contributed by atoms with van der Waals surface area (Å²) in [6.45, 7) is 6.02. The number of nitrogens with one attached hydrogen (secondary N) is 1. The summed E-state index contributed by atoms with van der Waals surface area (Å²) in [4.78, 5) is 2.30. The Morgan fingerprint density at radius 2 is 2.18 bits per heavy atom. The Labute approximate surface area is 70.0 Å². The summed E-state index contributed by atoms with van der Waals surface area (Å²) >= 11 is 0. The van der Waals surface area contributed by atoms with E-state index in [1.54, 1.807) is 0 Å². The maximum Gasteiger partial charge on any atom is 0.000706 e. The molecule has 1 saturated heterocycles. The third-order valence-electron chi connectivity index (χ3n) is 2.56. The SMILES string of the molecule is CC1CNCCC1CN(C)C. The van der Waals surface area contributed by atoms with Crippen LogP contribution in [0.1, 0.15) is 13.3 Å². The van der Waals surface area contributed by atoms with Crippen molar-refractivity contribution in [3.63, 3.8) is 0 Å². The first-order valence-corrected chi connectivity index (χ1v) is 4.55. The third-order valence-corrected chi connectivity index (χ3v) is 2.56. The zero-order valence-electron chi connectivity index (χ0n) is 7.93. The molecule has 1 aliphatic heterocycles. The lowest BCUT2D eigenvalue weighted by molar-refractivity contribution is 0.211. The van der Waals surface area contributed by atoms with Crippen molar-refractivity contribution in [2.45, 2.75) is 13.3 Å². The summed E-state index contributed by atoms with van der Waals surface area (Å²) < 4.78 is 0. The Bertz CT molecular complexity index is 112. The predicted molar refractivity (Wildman–Crippen MR) is 48.7 cm³/mol. The third kappa shape index (κ3) is 2.80. The Balaban J connectivity index is 2.29. The molecule has 0 aromatic heterocycles. The monoisotopic (exact) mass is 156 g/mol. The highest BCUT2D eigenvalue weighted by Gasteiger charge is 2.20. The van der Waals surface area contributed by atoms with E-state index in [0.717, 1.165) is 11.8 Å². The minimum absolute atomic E-state index is 0.853. The number of hydrogen-bond acceptors (Lipinski definition) is 2. The van der Waals surface area contributed by atoms with Crippen LogP contribution in [-0.2, 0) is 0 Å². The van der Waals surface area contributed by atoms with E-state index in [9.17, 15) is 0 Å². The van der Waals surface area contributed by atoms with Gasteiger partial charge >= 0.3 is 0 Å². The highest BCUT2D eigenvalue weighted by atomic mass is 15.1. The smallest absolute Gasteiger partial charge is 0.000706 e. The molecule has 2 nitrogen and oxygen atoms in total. The molecule has 1 N–H and O–H groups in total. The van der Waals surface area contributed by atoms with E-state index in [-0.39, 0.29) is 0 Å². The van der Waals surface area contributed by atoms with E-state index in [2.05, 4.69) is 31.2 Å².